The van der Waals surface area contributed by atoms with Gasteiger partial charge in [-0.05, 0) is 25.5 Å². The molecule has 1 atom stereocenters. The molecule has 158 valence electrons. The minimum absolute atomic E-state index is 0.416. The lowest BCUT2D eigenvalue weighted by molar-refractivity contribution is -0.0201. The van der Waals surface area contributed by atoms with Gasteiger partial charge in [0.05, 0.1) is 37.4 Å². The molecule has 1 fully saturated rings. The molecule has 0 saturated carbocycles. The molecule has 1 aliphatic rings. The molecular formula is C21H32N6O2. The van der Waals surface area contributed by atoms with Crippen molar-refractivity contribution in [3.05, 3.63) is 48.5 Å². The van der Waals surface area contributed by atoms with Gasteiger partial charge in [-0.25, -0.2) is 9.98 Å². The first-order valence-corrected chi connectivity index (χ1v) is 10.2. The monoisotopic (exact) mass is 400 g/mol. The summed E-state index contributed by atoms with van der Waals surface area (Å²) >= 11 is 0. The number of benzene rings is 1. The van der Waals surface area contributed by atoms with Crippen LogP contribution in [-0.2, 0) is 11.3 Å². The molecule has 1 aromatic heterocycles. The van der Waals surface area contributed by atoms with Gasteiger partial charge in [-0.2, -0.15) is 0 Å². The molecule has 0 bridgehead atoms. The van der Waals surface area contributed by atoms with Crippen molar-refractivity contribution in [2.24, 2.45) is 4.99 Å². The molecule has 1 unspecified atom stereocenters. The number of para-hydroxylation sites is 1. The van der Waals surface area contributed by atoms with Gasteiger partial charge in [-0.15, -0.1) is 0 Å². The van der Waals surface area contributed by atoms with Gasteiger partial charge in [0.2, 0.25) is 0 Å². The highest BCUT2D eigenvalue weighted by Crippen LogP contribution is 2.15. The Morgan fingerprint density at radius 1 is 1.28 bits per heavy atom. The van der Waals surface area contributed by atoms with Crippen LogP contribution in [0.15, 0.2) is 48.0 Å². The van der Waals surface area contributed by atoms with Crippen molar-refractivity contribution in [1.29, 1.82) is 0 Å². The molecule has 0 amide bonds. The molecule has 2 heterocycles. The van der Waals surface area contributed by atoms with E-state index in [1.165, 1.54) is 0 Å². The largest absolute Gasteiger partial charge is 0.387 e. The second-order valence-electron chi connectivity index (χ2n) is 7.53. The Bertz CT molecular complexity index is 769. The summed E-state index contributed by atoms with van der Waals surface area (Å²) in [6, 6.07) is 8.14. The standard InChI is InChI=1S/C21H32N6O2/c1-3-23-20(25-15-21(2,28)16-26-10-12-29-13-11-26)24-14-18-6-4-5-7-19(18)27-9-8-22-17-27/h4-9,17,28H,3,10-16H2,1-2H3,(H2,23,24,25). The summed E-state index contributed by atoms with van der Waals surface area (Å²) in [6.07, 6.45) is 5.48. The lowest BCUT2D eigenvalue weighted by atomic mass is 10.1. The smallest absolute Gasteiger partial charge is 0.191 e. The van der Waals surface area contributed by atoms with Crippen molar-refractivity contribution < 1.29 is 9.84 Å². The molecule has 0 aliphatic carbocycles. The average molecular weight is 401 g/mol. The number of nitrogens with zero attached hydrogens (tertiary/aromatic N) is 4. The van der Waals surface area contributed by atoms with E-state index in [0.29, 0.717) is 25.6 Å². The van der Waals surface area contributed by atoms with E-state index < -0.39 is 5.60 Å². The molecule has 1 aliphatic heterocycles. The average Bonchev–Trinajstić information content (AvgIpc) is 3.25. The second kappa shape index (κ2) is 10.4. The first-order valence-electron chi connectivity index (χ1n) is 10.2. The van der Waals surface area contributed by atoms with Gasteiger partial charge < -0.3 is 25.0 Å². The molecule has 3 N–H and O–H groups in total. The van der Waals surface area contributed by atoms with Crippen molar-refractivity contribution in [3.63, 3.8) is 0 Å². The van der Waals surface area contributed by atoms with Crippen LogP contribution in [0.1, 0.15) is 19.4 Å². The fourth-order valence-electron chi connectivity index (χ4n) is 3.38. The number of ether oxygens (including phenoxy) is 1. The third-order valence-electron chi connectivity index (χ3n) is 4.83. The highest BCUT2D eigenvalue weighted by Gasteiger charge is 2.25. The number of β-amino-alcohol motifs (C(OH)–C–C–N with tert-alkyl or cyclic N) is 1. The number of rotatable bonds is 8. The van der Waals surface area contributed by atoms with E-state index in [4.69, 9.17) is 9.73 Å². The normalized spacial score (nSPS) is 17.7. The molecule has 1 saturated heterocycles. The van der Waals surface area contributed by atoms with E-state index in [0.717, 1.165) is 44.1 Å². The molecule has 3 rings (SSSR count). The first-order chi connectivity index (χ1) is 14.1. The van der Waals surface area contributed by atoms with E-state index in [-0.39, 0.29) is 0 Å². The third-order valence-corrected chi connectivity index (χ3v) is 4.83. The van der Waals surface area contributed by atoms with Crippen LogP contribution in [0.5, 0.6) is 0 Å². The van der Waals surface area contributed by atoms with Crippen LogP contribution < -0.4 is 10.6 Å². The molecular weight excluding hydrogens is 368 g/mol. The molecule has 8 heteroatoms. The maximum atomic E-state index is 10.8. The fraction of sp³-hybridized carbons (Fsp3) is 0.524. The maximum Gasteiger partial charge on any atom is 0.191 e. The predicted octanol–water partition coefficient (Wildman–Crippen LogP) is 1.01. The van der Waals surface area contributed by atoms with Crippen molar-refractivity contribution in [3.8, 4) is 5.69 Å². The SMILES string of the molecule is CCNC(=NCc1ccccc1-n1ccnc1)NCC(C)(O)CN1CCOCC1. The first kappa shape index (κ1) is 21.3. The van der Waals surface area contributed by atoms with Crippen molar-refractivity contribution in [2.45, 2.75) is 26.0 Å². The molecule has 0 radical (unpaired) electrons. The summed E-state index contributed by atoms with van der Waals surface area (Å²) in [7, 11) is 0. The van der Waals surface area contributed by atoms with Crippen molar-refractivity contribution in [1.82, 2.24) is 25.1 Å². The zero-order valence-corrected chi connectivity index (χ0v) is 17.3. The number of aliphatic hydroxyl groups is 1. The zero-order chi connectivity index (χ0) is 20.5. The Morgan fingerprint density at radius 3 is 2.79 bits per heavy atom. The lowest BCUT2D eigenvalue weighted by Gasteiger charge is -2.34. The van der Waals surface area contributed by atoms with Crippen LogP contribution in [-0.4, -0.2) is 77.1 Å². The van der Waals surface area contributed by atoms with Crippen LogP contribution in [0.3, 0.4) is 0 Å². The summed E-state index contributed by atoms with van der Waals surface area (Å²) in [6.45, 7) is 9.34. The van der Waals surface area contributed by atoms with Crippen LogP contribution in [0.4, 0.5) is 0 Å². The van der Waals surface area contributed by atoms with Gasteiger partial charge in [0, 0.05) is 45.1 Å². The fourth-order valence-corrected chi connectivity index (χ4v) is 3.38. The molecule has 2 aromatic rings. The number of aliphatic imine (C=N–C) groups is 1. The van der Waals surface area contributed by atoms with Crippen LogP contribution in [0.2, 0.25) is 0 Å². The van der Waals surface area contributed by atoms with Gasteiger partial charge in [-0.3, -0.25) is 4.90 Å². The van der Waals surface area contributed by atoms with E-state index in [2.05, 4.69) is 32.7 Å². The summed E-state index contributed by atoms with van der Waals surface area (Å²) in [5.74, 6) is 0.690. The van der Waals surface area contributed by atoms with Crippen LogP contribution in [0.25, 0.3) is 5.69 Å². The summed E-state index contributed by atoms with van der Waals surface area (Å²) in [5.41, 5.74) is 1.30. The van der Waals surface area contributed by atoms with Gasteiger partial charge in [-0.1, -0.05) is 18.2 Å². The maximum absolute atomic E-state index is 10.8. The molecule has 0 spiro atoms. The molecule has 29 heavy (non-hydrogen) atoms. The Kier molecular flexibility index (Phi) is 7.62. The van der Waals surface area contributed by atoms with Gasteiger partial charge in [0.25, 0.3) is 0 Å². The van der Waals surface area contributed by atoms with Gasteiger partial charge in [0.15, 0.2) is 5.96 Å². The number of hydrogen-bond donors (Lipinski definition) is 3. The molecule has 8 nitrogen and oxygen atoms in total. The van der Waals surface area contributed by atoms with Crippen molar-refractivity contribution >= 4 is 5.96 Å². The Hall–Kier alpha value is -2.42. The highest BCUT2D eigenvalue weighted by atomic mass is 16.5. The number of hydrogen-bond acceptors (Lipinski definition) is 5. The molecule has 1 aromatic carbocycles. The lowest BCUT2D eigenvalue weighted by Crippen LogP contribution is -2.52. The minimum atomic E-state index is -0.859. The summed E-state index contributed by atoms with van der Waals surface area (Å²) < 4.78 is 7.37. The summed E-state index contributed by atoms with van der Waals surface area (Å²) in [4.78, 5) is 11.1. The highest BCUT2D eigenvalue weighted by molar-refractivity contribution is 5.79. The Balaban J connectivity index is 1.61. The van der Waals surface area contributed by atoms with Gasteiger partial charge in [0.1, 0.15) is 0 Å². The minimum Gasteiger partial charge on any atom is -0.387 e. The number of morpholine rings is 1. The number of aromatic nitrogens is 2. The Morgan fingerprint density at radius 2 is 2.07 bits per heavy atom. The number of imidazole rings is 1. The van der Waals surface area contributed by atoms with Crippen LogP contribution in [0, 0.1) is 0 Å². The van der Waals surface area contributed by atoms with Gasteiger partial charge >= 0.3 is 0 Å². The van der Waals surface area contributed by atoms with E-state index in [1.807, 2.05) is 36.7 Å². The summed E-state index contributed by atoms with van der Waals surface area (Å²) in [5, 5.41) is 17.3. The predicted molar refractivity (Wildman–Crippen MR) is 114 cm³/mol. The van der Waals surface area contributed by atoms with E-state index in [9.17, 15) is 5.11 Å². The number of nitrogens with one attached hydrogen (secondary N) is 2. The van der Waals surface area contributed by atoms with Crippen LogP contribution >= 0.6 is 0 Å². The topological polar surface area (TPSA) is 86.9 Å². The van der Waals surface area contributed by atoms with Crippen molar-refractivity contribution in [2.75, 3.05) is 45.9 Å². The Labute approximate surface area is 172 Å². The van der Waals surface area contributed by atoms with E-state index in [1.54, 1.807) is 12.5 Å². The number of guanidine groups is 1. The van der Waals surface area contributed by atoms with E-state index >= 15 is 0 Å². The quantitative estimate of drug-likeness (QED) is 0.453. The third kappa shape index (κ3) is 6.56. The second-order valence-corrected chi connectivity index (χ2v) is 7.53. The zero-order valence-electron chi connectivity index (χ0n) is 17.3.